The fourth-order valence-corrected chi connectivity index (χ4v) is 2.84. The van der Waals surface area contributed by atoms with E-state index < -0.39 is 5.97 Å². The lowest BCUT2D eigenvalue weighted by atomic mass is 9.95. The summed E-state index contributed by atoms with van der Waals surface area (Å²) in [6, 6.07) is 4.39. The number of nitrogens with one attached hydrogen (secondary N) is 1. The quantitative estimate of drug-likeness (QED) is 0.894. The first-order valence-electron chi connectivity index (χ1n) is 7.10. The largest absolute Gasteiger partial charge is 0.478 e. The zero-order valence-electron chi connectivity index (χ0n) is 11.9. The Kier molecular flexibility index (Phi) is 5.07. The molecule has 5 nitrogen and oxygen atoms in total. The van der Waals surface area contributed by atoms with Crippen molar-refractivity contribution in [3.63, 3.8) is 0 Å². The number of carboxylic acid groups (broad SMARTS) is 1. The van der Waals surface area contributed by atoms with Crippen molar-refractivity contribution in [2.45, 2.75) is 26.2 Å². The van der Waals surface area contributed by atoms with Crippen molar-refractivity contribution in [2.24, 2.45) is 5.92 Å². The molecule has 0 saturated carbocycles. The van der Waals surface area contributed by atoms with Crippen LogP contribution in [-0.2, 0) is 0 Å². The van der Waals surface area contributed by atoms with Crippen LogP contribution < -0.4 is 5.32 Å². The number of benzene rings is 1. The molecule has 1 saturated heterocycles. The number of hydrogen-bond donors (Lipinski definition) is 2. The number of rotatable bonds is 3. The number of carbonyl (C=O) groups is 2. The first-order chi connectivity index (χ1) is 10.0. The number of urea groups is 1. The molecule has 6 heteroatoms. The van der Waals surface area contributed by atoms with Crippen molar-refractivity contribution >= 4 is 29.3 Å². The Labute approximate surface area is 128 Å². The highest BCUT2D eigenvalue weighted by atomic mass is 35.5. The highest BCUT2D eigenvalue weighted by Crippen LogP contribution is 2.25. The number of piperidine rings is 1. The molecule has 0 atom stereocenters. The van der Waals surface area contributed by atoms with Crippen molar-refractivity contribution in [3.8, 4) is 0 Å². The third-order valence-electron chi connectivity index (χ3n) is 3.95. The summed E-state index contributed by atoms with van der Waals surface area (Å²) >= 11 is 5.89. The van der Waals surface area contributed by atoms with Gasteiger partial charge in [-0.05, 0) is 30.9 Å². The summed E-state index contributed by atoms with van der Waals surface area (Å²) < 4.78 is 0. The minimum Gasteiger partial charge on any atom is -0.478 e. The van der Waals surface area contributed by atoms with Gasteiger partial charge in [-0.3, -0.25) is 0 Å². The molecule has 1 fully saturated rings. The van der Waals surface area contributed by atoms with Crippen LogP contribution in [-0.4, -0.2) is 35.1 Å². The number of likely N-dealkylation sites (tertiary alicyclic amines) is 1. The monoisotopic (exact) mass is 310 g/mol. The van der Waals surface area contributed by atoms with Gasteiger partial charge in [-0.15, -0.1) is 0 Å². The fraction of sp³-hybridized carbons (Fsp3) is 0.467. The number of carboxylic acids is 1. The molecule has 0 aliphatic carbocycles. The van der Waals surface area contributed by atoms with Crippen LogP contribution in [0.25, 0.3) is 0 Å². The summed E-state index contributed by atoms with van der Waals surface area (Å²) in [5.41, 5.74) is 0.161. The Hall–Kier alpha value is -1.75. The van der Waals surface area contributed by atoms with Gasteiger partial charge in [-0.2, -0.15) is 0 Å². The van der Waals surface area contributed by atoms with Crippen molar-refractivity contribution in [1.29, 1.82) is 0 Å². The molecule has 0 radical (unpaired) electrons. The lowest BCUT2D eigenvalue weighted by Crippen LogP contribution is -2.41. The maximum absolute atomic E-state index is 12.2. The maximum atomic E-state index is 12.2. The zero-order valence-corrected chi connectivity index (χ0v) is 12.7. The Morgan fingerprint density at radius 3 is 2.62 bits per heavy atom. The van der Waals surface area contributed by atoms with Gasteiger partial charge in [0.1, 0.15) is 5.56 Å². The molecule has 1 heterocycles. The molecule has 2 N–H and O–H groups in total. The summed E-state index contributed by atoms with van der Waals surface area (Å²) in [5, 5.41) is 12.0. The van der Waals surface area contributed by atoms with Crippen LogP contribution in [0, 0.1) is 5.92 Å². The predicted octanol–water partition coefficient (Wildman–Crippen LogP) is 3.69. The van der Waals surface area contributed by atoms with Gasteiger partial charge in [0.2, 0.25) is 0 Å². The van der Waals surface area contributed by atoms with Crippen LogP contribution in [0.3, 0.4) is 0 Å². The minimum atomic E-state index is -1.15. The number of nitrogens with zero attached hydrogens (tertiary/aromatic N) is 1. The average molecular weight is 311 g/mol. The Balaban J connectivity index is 2.07. The second-order valence-corrected chi connectivity index (χ2v) is 5.64. The van der Waals surface area contributed by atoms with E-state index in [1.165, 1.54) is 6.07 Å². The standard InChI is InChI=1S/C15H19ClN2O3/c1-2-10-6-8-18(9-7-10)15(21)17-12-5-3-4-11(16)13(12)14(19)20/h3-5,10H,2,6-9H2,1H3,(H,17,21)(H,19,20). The second kappa shape index (κ2) is 6.80. The minimum absolute atomic E-state index is 0.0732. The van der Waals surface area contributed by atoms with Gasteiger partial charge in [-0.1, -0.05) is 31.0 Å². The summed E-state index contributed by atoms with van der Waals surface area (Å²) in [6.45, 7) is 3.56. The average Bonchev–Trinajstić information content (AvgIpc) is 2.47. The molecular weight excluding hydrogens is 292 g/mol. The van der Waals surface area contributed by atoms with Crippen LogP contribution in [0.1, 0.15) is 36.5 Å². The Bertz CT molecular complexity index is 540. The van der Waals surface area contributed by atoms with Crippen LogP contribution in [0.5, 0.6) is 0 Å². The highest BCUT2D eigenvalue weighted by Gasteiger charge is 2.23. The molecule has 21 heavy (non-hydrogen) atoms. The number of halogens is 1. The third-order valence-corrected chi connectivity index (χ3v) is 4.26. The van der Waals surface area contributed by atoms with E-state index in [-0.39, 0.29) is 22.3 Å². The van der Waals surface area contributed by atoms with E-state index in [2.05, 4.69) is 12.2 Å². The van der Waals surface area contributed by atoms with E-state index in [9.17, 15) is 14.7 Å². The third kappa shape index (κ3) is 3.67. The van der Waals surface area contributed by atoms with E-state index >= 15 is 0 Å². The summed E-state index contributed by atoms with van der Waals surface area (Å²) in [5.74, 6) is -0.476. The number of anilines is 1. The molecule has 1 aliphatic rings. The van der Waals surface area contributed by atoms with Crippen molar-refractivity contribution in [2.75, 3.05) is 18.4 Å². The van der Waals surface area contributed by atoms with Gasteiger partial charge in [0, 0.05) is 13.1 Å². The first-order valence-corrected chi connectivity index (χ1v) is 7.48. The summed E-state index contributed by atoms with van der Waals surface area (Å²) in [4.78, 5) is 25.2. The summed E-state index contributed by atoms with van der Waals surface area (Å²) in [6.07, 6.45) is 3.11. The molecule has 0 bridgehead atoms. The number of carbonyl (C=O) groups excluding carboxylic acids is 1. The molecule has 0 unspecified atom stereocenters. The van der Waals surface area contributed by atoms with E-state index in [0.29, 0.717) is 19.0 Å². The molecule has 1 aliphatic heterocycles. The number of aromatic carboxylic acids is 1. The molecule has 0 spiro atoms. The van der Waals surface area contributed by atoms with Crippen molar-refractivity contribution < 1.29 is 14.7 Å². The number of amides is 2. The summed E-state index contributed by atoms with van der Waals surface area (Å²) in [7, 11) is 0. The molecule has 0 aromatic heterocycles. The lowest BCUT2D eigenvalue weighted by molar-refractivity contribution is 0.0698. The Morgan fingerprint density at radius 1 is 1.38 bits per heavy atom. The molecule has 2 amide bonds. The van der Waals surface area contributed by atoms with Gasteiger partial charge in [-0.25, -0.2) is 9.59 Å². The predicted molar refractivity (Wildman–Crippen MR) is 82.0 cm³/mol. The van der Waals surface area contributed by atoms with Crippen LogP contribution in [0.15, 0.2) is 18.2 Å². The molecule has 2 rings (SSSR count). The van der Waals surface area contributed by atoms with E-state index in [1.54, 1.807) is 17.0 Å². The van der Waals surface area contributed by atoms with E-state index in [4.69, 9.17) is 11.6 Å². The van der Waals surface area contributed by atoms with Crippen LogP contribution >= 0.6 is 11.6 Å². The van der Waals surface area contributed by atoms with Gasteiger partial charge >= 0.3 is 12.0 Å². The topological polar surface area (TPSA) is 69.6 Å². The van der Waals surface area contributed by atoms with E-state index in [1.807, 2.05) is 0 Å². The van der Waals surface area contributed by atoms with Crippen molar-refractivity contribution in [3.05, 3.63) is 28.8 Å². The van der Waals surface area contributed by atoms with Gasteiger partial charge in [0.25, 0.3) is 0 Å². The molecular formula is C15H19ClN2O3. The fourth-order valence-electron chi connectivity index (χ4n) is 2.58. The van der Waals surface area contributed by atoms with Crippen LogP contribution in [0.2, 0.25) is 5.02 Å². The van der Waals surface area contributed by atoms with Crippen molar-refractivity contribution in [1.82, 2.24) is 4.90 Å². The lowest BCUT2D eigenvalue weighted by Gasteiger charge is -2.31. The SMILES string of the molecule is CCC1CCN(C(=O)Nc2cccc(Cl)c2C(=O)O)CC1. The molecule has 1 aromatic carbocycles. The normalized spacial score (nSPS) is 15.8. The van der Waals surface area contributed by atoms with Crippen LogP contribution in [0.4, 0.5) is 10.5 Å². The van der Waals surface area contributed by atoms with E-state index in [0.717, 1.165) is 19.3 Å². The van der Waals surface area contributed by atoms with Gasteiger partial charge in [0.05, 0.1) is 10.7 Å². The second-order valence-electron chi connectivity index (χ2n) is 5.24. The van der Waals surface area contributed by atoms with Gasteiger partial charge in [0.15, 0.2) is 0 Å². The molecule has 1 aromatic rings. The number of hydrogen-bond acceptors (Lipinski definition) is 2. The van der Waals surface area contributed by atoms with Gasteiger partial charge < -0.3 is 15.3 Å². The Morgan fingerprint density at radius 2 is 2.05 bits per heavy atom. The first kappa shape index (κ1) is 15.6. The zero-order chi connectivity index (χ0) is 15.4. The molecule has 114 valence electrons. The highest BCUT2D eigenvalue weighted by molar-refractivity contribution is 6.34. The smallest absolute Gasteiger partial charge is 0.339 e. The maximum Gasteiger partial charge on any atom is 0.339 e.